The molecule has 0 rings (SSSR count). The van der Waals surface area contributed by atoms with E-state index in [9.17, 15) is 0 Å². The van der Waals surface area contributed by atoms with Gasteiger partial charge in [-0.05, 0) is 20.3 Å². The Kier molecular flexibility index (Phi) is 5.79. The highest BCUT2D eigenvalue weighted by molar-refractivity contribution is 5.07. The second-order valence-electron chi connectivity index (χ2n) is 3.31. The summed E-state index contributed by atoms with van der Waals surface area (Å²) in [5.74, 6) is 2.67. The summed E-state index contributed by atoms with van der Waals surface area (Å²) >= 11 is 0. The van der Waals surface area contributed by atoms with Crippen molar-refractivity contribution in [3.8, 4) is 12.3 Å². The highest BCUT2D eigenvalue weighted by atomic mass is 16.5. The molecule has 0 aromatic heterocycles. The van der Waals surface area contributed by atoms with Crippen molar-refractivity contribution in [2.75, 3.05) is 19.8 Å². The maximum absolute atomic E-state index is 5.29. The van der Waals surface area contributed by atoms with E-state index in [1.54, 1.807) is 0 Å². The summed E-state index contributed by atoms with van der Waals surface area (Å²) in [6, 6.07) is 0. The highest BCUT2D eigenvalue weighted by Crippen LogP contribution is 1.97. The fourth-order valence-electron chi connectivity index (χ4n) is 0.733. The van der Waals surface area contributed by atoms with Crippen molar-refractivity contribution in [1.82, 2.24) is 5.32 Å². The Hall–Kier alpha value is -0.520. The van der Waals surface area contributed by atoms with Crippen LogP contribution in [0.3, 0.4) is 0 Å². The first-order chi connectivity index (χ1) is 5.62. The van der Waals surface area contributed by atoms with Gasteiger partial charge >= 0.3 is 0 Å². The molecule has 0 amide bonds. The number of hydrogen-bond donors (Lipinski definition) is 1. The molecule has 0 aliphatic heterocycles. The maximum atomic E-state index is 5.29. The Bertz CT molecular complexity index is 146. The Labute approximate surface area is 75.7 Å². The topological polar surface area (TPSA) is 21.3 Å². The molecular weight excluding hydrogens is 150 g/mol. The minimum Gasteiger partial charge on any atom is -0.380 e. The van der Waals surface area contributed by atoms with E-state index in [4.69, 9.17) is 11.2 Å². The highest BCUT2D eigenvalue weighted by Gasteiger charge is 2.10. The van der Waals surface area contributed by atoms with Crippen LogP contribution in [-0.2, 0) is 4.74 Å². The second kappa shape index (κ2) is 6.05. The summed E-state index contributed by atoms with van der Waals surface area (Å²) in [4.78, 5) is 0. The van der Waals surface area contributed by atoms with E-state index in [0.29, 0.717) is 0 Å². The van der Waals surface area contributed by atoms with Gasteiger partial charge in [-0.1, -0.05) is 12.8 Å². The zero-order valence-electron chi connectivity index (χ0n) is 8.31. The zero-order chi connectivity index (χ0) is 9.45. The maximum Gasteiger partial charge on any atom is 0.0742 e. The molecule has 0 radical (unpaired) electrons. The van der Waals surface area contributed by atoms with Crippen LogP contribution in [0.4, 0.5) is 0 Å². The Morgan fingerprint density at radius 1 is 1.42 bits per heavy atom. The molecule has 1 N–H and O–H groups in total. The fraction of sp³-hybridized carbons (Fsp3) is 0.800. The lowest BCUT2D eigenvalue weighted by atomic mass is 10.1. The van der Waals surface area contributed by atoms with Crippen molar-refractivity contribution in [3.05, 3.63) is 0 Å². The number of hydrogen-bond acceptors (Lipinski definition) is 2. The fourth-order valence-corrected chi connectivity index (χ4v) is 0.733. The summed E-state index contributed by atoms with van der Waals surface area (Å²) in [6.07, 6.45) is 6.36. The van der Waals surface area contributed by atoms with Gasteiger partial charge in [0.15, 0.2) is 0 Å². The van der Waals surface area contributed by atoms with Crippen LogP contribution in [-0.4, -0.2) is 25.3 Å². The summed E-state index contributed by atoms with van der Waals surface area (Å²) < 4.78 is 5.29. The van der Waals surface area contributed by atoms with Gasteiger partial charge in [-0.3, -0.25) is 5.32 Å². The third kappa shape index (κ3) is 6.21. The molecule has 0 unspecified atom stereocenters. The van der Waals surface area contributed by atoms with Crippen LogP contribution in [0.5, 0.6) is 0 Å². The molecule has 2 heteroatoms. The average Bonchev–Trinajstić information content (AvgIpc) is 2.04. The van der Waals surface area contributed by atoms with Crippen LogP contribution < -0.4 is 5.32 Å². The first-order valence-electron chi connectivity index (χ1n) is 4.43. The van der Waals surface area contributed by atoms with Gasteiger partial charge in [0, 0.05) is 13.2 Å². The molecule has 0 saturated carbocycles. The van der Waals surface area contributed by atoms with Gasteiger partial charge < -0.3 is 4.74 Å². The second-order valence-corrected chi connectivity index (χ2v) is 3.31. The van der Waals surface area contributed by atoms with Gasteiger partial charge in [0.05, 0.1) is 12.1 Å². The summed E-state index contributed by atoms with van der Waals surface area (Å²) in [7, 11) is 0. The molecule has 0 spiro atoms. The molecule has 0 aliphatic carbocycles. The van der Waals surface area contributed by atoms with Crippen molar-refractivity contribution in [2.24, 2.45) is 0 Å². The number of nitrogens with one attached hydrogen (secondary N) is 1. The average molecular weight is 169 g/mol. The van der Waals surface area contributed by atoms with Crippen LogP contribution in [0.25, 0.3) is 0 Å². The number of terminal acetylenes is 1. The summed E-state index contributed by atoms with van der Waals surface area (Å²) in [6.45, 7) is 8.44. The van der Waals surface area contributed by atoms with E-state index in [0.717, 1.165) is 26.2 Å². The standard InChI is InChI=1S/C10H19NO/c1-5-8-12-9-7-11-10(3,4)6-2/h2,11H,5,7-9H2,1,3-4H3. The Morgan fingerprint density at radius 3 is 2.58 bits per heavy atom. The SMILES string of the molecule is C#CC(C)(C)NCCOCCC. The van der Waals surface area contributed by atoms with Gasteiger partial charge in [-0.2, -0.15) is 0 Å². The minimum absolute atomic E-state index is 0.213. The van der Waals surface area contributed by atoms with Gasteiger partial charge in [0.1, 0.15) is 0 Å². The molecule has 0 saturated heterocycles. The van der Waals surface area contributed by atoms with E-state index >= 15 is 0 Å². The van der Waals surface area contributed by atoms with E-state index in [2.05, 4.69) is 18.2 Å². The Morgan fingerprint density at radius 2 is 2.08 bits per heavy atom. The normalized spacial score (nSPS) is 11.2. The molecule has 0 heterocycles. The quantitative estimate of drug-likeness (QED) is 0.479. The van der Waals surface area contributed by atoms with E-state index in [1.807, 2.05) is 13.8 Å². The van der Waals surface area contributed by atoms with Gasteiger partial charge in [-0.25, -0.2) is 0 Å². The van der Waals surface area contributed by atoms with Gasteiger partial charge in [0.2, 0.25) is 0 Å². The van der Waals surface area contributed by atoms with Crippen molar-refractivity contribution in [3.63, 3.8) is 0 Å². The summed E-state index contributed by atoms with van der Waals surface area (Å²) in [5.41, 5.74) is -0.213. The van der Waals surface area contributed by atoms with E-state index in [-0.39, 0.29) is 5.54 Å². The predicted molar refractivity (Wildman–Crippen MR) is 52.0 cm³/mol. The molecule has 0 aromatic rings. The van der Waals surface area contributed by atoms with E-state index in [1.165, 1.54) is 0 Å². The molecule has 2 nitrogen and oxygen atoms in total. The molecule has 0 aliphatic rings. The predicted octanol–water partition coefficient (Wildman–Crippen LogP) is 1.41. The van der Waals surface area contributed by atoms with Crippen molar-refractivity contribution < 1.29 is 4.74 Å². The van der Waals surface area contributed by atoms with Crippen molar-refractivity contribution in [2.45, 2.75) is 32.7 Å². The number of ether oxygens (including phenoxy) is 1. The van der Waals surface area contributed by atoms with Crippen LogP contribution in [0.15, 0.2) is 0 Å². The third-order valence-electron chi connectivity index (χ3n) is 1.52. The molecule has 70 valence electrons. The molecule has 0 fully saturated rings. The monoisotopic (exact) mass is 169 g/mol. The lowest BCUT2D eigenvalue weighted by Crippen LogP contribution is -2.39. The number of rotatable bonds is 6. The molecule has 12 heavy (non-hydrogen) atoms. The van der Waals surface area contributed by atoms with Crippen LogP contribution in [0.1, 0.15) is 27.2 Å². The first kappa shape index (κ1) is 11.5. The summed E-state index contributed by atoms with van der Waals surface area (Å²) in [5, 5.41) is 3.21. The molecule has 0 bridgehead atoms. The van der Waals surface area contributed by atoms with Crippen LogP contribution >= 0.6 is 0 Å². The first-order valence-corrected chi connectivity index (χ1v) is 4.43. The third-order valence-corrected chi connectivity index (χ3v) is 1.52. The minimum atomic E-state index is -0.213. The zero-order valence-corrected chi connectivity index (χ0v) is 8.31. The van der Waals surface area contributed by atoms with E-state index < -0.39 is 0 Å². The van der Waals surface area contributed by atoms with Crippen LogP contribution in [0.2, 0.25) is 0 Å². The smallest absolute Gasteiger partial charge is 0.0742 e. The molecule has 0 atom stereocenters. The molecular formula is C10H19NO. The van der Waals surface area contributed by atoms with Crippen LogP contribution in [0, 0.1) is 12.3 Å². The van der Waals surface area contributed by atoms with Gasteiger partial charge in [-0.15, -0.1) is 6.42 Å². The Balaban J connectivity index is 3.27. The van der Waals surface area contributed by atoms with Crippen molar-refractivity contribution >= 4 is 0 Å². The lowest BCUT2D eigenvalue weighted by Gasteiger charge is -2.19. The molecule has 0 aromatic carbocycles. The van der Waals surface area contributed by atoms with Crippen molar-refractivity contribution in [1.29, 1.82) is 0 Å². The van der Waals surface area contributed by atoms with Gasteiger partial charge in [0.25, 0.3) is 0 Å². The lowest BCUT2D eigenvalue weighted by molar-refractivity contribution is 0.133. The largest absolute Gasteiger partial charge is 0.380 e.